The van der Waals surface area contributed by atoms with Crippen molar-refractivity contribution in [3.05, 3.63) is 22.8 Å². The average Bonchev–Trinajstić information content (AvgIpc) is 3.34. The second-order valence-electron chi connectivity index (χ2n) is 16.6. The molecule has 0 aromatic heterocycles. The van der Waals surface area contributed by atoms with E-state index in [0.29, 0.717) is 26.1 Å². The van der Waals surface area contributed by atoms with Crippen LogP contribution in [0.5, 0.6) is 0 Å². The molecule has 41 heavy (non-hydrogen) atoms. The first-order valence-corrected chi connectivity index (χ1v) is 16.2. The van der Waals surface area contributed by atoms with Crippen LogP contribution in [0, 0.1) is 39.9 Å². The summed E-state index contributed by atoms with van der Waals surface area (Å²) in [6.07, 6.45) is 5.75. The number of aliphatic hydroxyl groups is 4. The van der Waals surface area contributed by atoms with Gasteiger partial charge in [-0.2, -0.15) is 0 Å². The quantitative estimate of drug-likeness (QED) is 0.245. The van der Waals surface area contributed by atoms with Gasteiger partial charge in [0.1, 0.15) is 0 Å². The first-order chi connectivity index (χ1) is 18.9. The zero-order chi connectivity index (χ0) is 30.3. The Balaban J connectivity index is 1.59. The number of fused-ring (bicyclic) bond motifs is 4. The van der Waals surface area contributed by atoms with Crippen molar-refractivity contribution in [3.8, 4) is 0 Å². The van der Waals surface area contributed by atoms with E-state index in [4.69, 9.17) is 9.47 Å². The molecule has 6 nitrogen and oxygen atoms in total. The molecule has 0 unspecified atom stereocenters. The molecule has 11 atom stereocenters. The van der Waals surface area contributed by atoms with Crippen LogP contribution in [0.4, 0.5) is 0 Å². The van der Waals surface area contributed by atoms with Crippen LogP contribution in [0.15, 0.2) is 22.8 Å². The van der Waals surface area contributed by atoms with E-state index in [1.54, 1.807) is 0 Å². The molecule has 0 aromatic rings. The second kappa shape index (κ2) is 10.4. The third-order valence-electron chi connectivity index (χ3n) is 12.9. The maximum absolute atomic E-state index is 11.9. The van der Waals surface area contributed by atoms with E-state index >= 15 is 0 Å². The lowest BCUT2D eigenvalue weighted by molar-refractivity contribution is -0.180. The number of allylic oxidation sites excluding steroid dienone is 1. The Hall–Kier alpha value is -0.760. The van der Waals surface area contributed by atoms with Gasteiger partial charge in [-0.25, -0.2) is 0 Å². The normalized spacial score (nSPS) is 47.5. The summed E-state index contributed by atoms with van der Waals surface area (Å²) in [4.78, 5) is 0. The minimum atomic E-state index is -0.933. The summed E-state index contributed by atoms with van der Waals surface area (Å²) >= 11 is 0. The predicted octanol–water partition coefficient (Wildman–Crippen LogP) is 5.57. The van der Waals surface area contributed by atoms with Gasteiger partial charge in [0.25, 0.3) is 0 Å². The molecule has 0 spiro atoms. The molecule has 4 N–H and O–H groups in total. The maximum atomic E-state index is 11.9. The number of hydrogen-bond acceptors (Lipinski definition) is 6. The number of ether oxygens (including phenoxy) is 2. The Kier molecular flexibility index (Phi) is 8.04. The third-order valence-corrected chi connectivity index (χ3v) is 12.9. The van der Waals surface area contributed by atoms with Crippen LogP contribution in [0.25, 0.3) is 0 Å². The molecule has 0 amide bonds. The Morgan fingerprint density at radius 2 is 1.68 bits per heavy atom. The van der Waals surface area contributed by atoms with Crippen LogP contribution in [0.1, 0.15) is 107 Å². The van der Waals surface area contributed by atoms with Gasteiger partial charge in [0.15, 0.2) is 0 Å². The van der Waals surface area contributed by atoms with Crippen molar-refractivity contribution in [3.63, 3.8) is 0 Å². The summed E-state index contributed by atoms with van der Waals surface area (Å²) < 4.78 is 13.1. The largest absolute Gasteiger partial charge is 0.393 e. The van der Waals surface area contributed by atoms with Gasteiger partial charge in [-0.1, -0.05) is 50.5 Å². The molecule has 1 heterocycles. The first-order valence-electron chi connectivity index (χ1n) is 16.2. The zero-order valence-corrected chi connectivity index (χ0v) is 27.2. The Morgan fingerprint density at radius 1 is 1.00 bits per heavy atom. The van der Waals surface area contributed by atoms with Gasteiger partial charge < -0.3 is 29.9 Å². The maximum Gasteiger partial charge on any atom is 0.0865 e. The van der Waals surface area contributed by atoms with Crippen molar-refractivity contribution in [1.29, 1.82) is 0 Å². The topological polar surface area (TPSA) is 99.4 Å². The SMILES string of the molecule is CC(C)=CCOC[C@H]1C[C@]2(C)[C@@H]([C@@]3(C)CC[C@@H](C(C)(C)O)O3)[C@@H](O)C[C@@]2(C)[C@@H]2C[C@H](O)[C@@H]3C(=C12)CC[C@H](O)C3(C)C. The lowest BCUT2D eigenvalue weighted by atomic mass is 9.43. The summed E-state index contributed by atoms with van der Waals surface area (Å²) in [5.41, 5.74) is 1.72. The summed E-state index contributed by atoms with van der Waals surface area (Å²) in [5.74, 6) is 0.178. The molecule has 1 aliphatic heterocycles. The Morgan fingerprint density at radius 3 is 2.29 bits per heavy atom. The molecular formula is C35H58O6. The van der Waals surface area contributed by atoms with E-state index in [-0.39, 0.29) is 40.6 Å². The number of aliphatic hydroxyl groups excluding tert-OH is 3. The monoisotopic (exact) mass is 574 g/mol. The van der Waals surface area contributed by atoms with E-state index in [9.17, 15) is 20.4 Å². The fourth-order valence-corrected chi connectivity index (χ4v) is 10.7. The van der Waals surface area contributed by atoms with Crippen LogP contribution in [-0.4, -0.2) is 69.3 Å². The number of rotatable bonds is 6. The molecule has 4 fully saturated rings. The van der Waals surface area contributed by atoms with Gasteiger partial charge in [0.05, 0.1) is 48.8 Å². The van der Waals surface area contributed by atoms with E-state index in [0.717, 1.165) is 32.1 Å². The van der Waals surface area contributed by atoms with Crippen molar-refractivity contribution in [2.75, 3.05) is 13.2 Å². The molecular weight excluding hydrogens is 516 g/mol. The predicted molar refractivity (Wildman–Crippen MR) is 161 cm³/mol. The first kappa shape index (κ1) is 31.7. The standard InChI is InChI=1S/C35H58O6/c1-20(2)13-15-40-19-21-17-34(8)30(35(9)14-12-27(41-35)32(5,6)39)25(37)18-33(34,7)23-16-24(36)29-22(28(21)23)10-11-26(38)31(29,3)4/h13,21,23-27,29-30,36-39H,10-12,14-19H2,1-9H3/t21-,23-,24+,25+,26+,27+,29+,30+,33+,34-,35-/m1/s1. The van der Waals surface area contributed by atoms with Crippen LogP contribution in [-0.2, 0) is 9.47 Å². The lowest BCUT2D eigenvalue weighted by Gasteiger charge is -2.62. The fraction of sp³-hybridized carbons (Fsp3) is 0.886. The number of hydrogen-bond donors (Lipinski definition) is 4. The summed E-state index contributed by atoms with van der Waals surface area (Å²) in [7, 11) is 0. The molecule has 4 aliphatic carbocycles. The second-order valence-corrected chi connectivity index (χ2v) is 16.6. The van der Waals surface area contributed by atoms with Gasteiger partial charge in [-0.3, -0.25) is 0 Å². The van der Waals surface area contributed by atoms with E-state index < -0.39 is 34.9 Å². The molecule has 3 saturated carbocycles. The molecule has 234 valence electrons. The van der Waals surface area contributed by atoms with Crippen molar-refractivity contribution < 1.29 is 29.9 Å². The van der Waals surface area contributed by atoms with Crippen molar-refractivity contribution in [2.45, 2.75) is 143 Å². The van der Waals surface area contributed by atoms with E-state index in [2.05, 4.69) is 54.5 Å². The summed E-state index contributed by atoms with van der Waals surface area (Å²) in [6.45, 7) is 20.2. The smallest absolute Gasteiger partial charge is 0.0865 e. The van der Waals surface area contributed by atoms with Crippen LogP contribution in [0.3, 0.4) is 0 Å². The van der Waals surface area contributed by atoms with Crippen LogP contribution >= 0.6 is 0 Å². The van der Waals surface area contributed by atoms with Gasteiger partial charge in [-0.15, -0.1) is 0 Å². The van der Waals surface area contributed by atoms with Gasteiger partial charge in [0, 0.05) is 17.8 Å². The molecule has 5 aliphatic rings. The highest BCUT2D eigenvalue weighted by Crippen LogP contribution is 2.73. The average molecular weight is 575 g/mol. The van der Waals surface area contributed by atoms with Gasteiger partial charge >= 0.3 is 0 Å². The lowest BCUT2D eigenvalue weighted by Crippen LogP contribution is -2.59. The molecule has 0 bridgehead atoms. The van der Waals surface area contributed by atoms with Gasteiger partial charge in [0.2, 0.25) is 0 Å². The molecule has 6 heteroatoms. The molecule has 0 aromatic carbocycles. The van der Waals surface area contributed by atoms with Crippen LogP contribution in [0.2, 0.25) is 0 Å². The Labute approximate surface area is 248 Å². The van der Waals surface area contributed by atoms with Gasteiger partial charge in [-0.05, 0) is 102 Å². The minimum absolute atomic E-state index is 0.0592. The summed E-state index contributed by atoms with van der Waals surface area (Å²) in [5, 5.41) is 45.5. The minimum Gasteiger partial charge on any atom is -0.393 e. The highest BCUT2D eigenvalue weighted by Gasteiger charge is 2.71. The summed E-state index contributed by atoms with van der Waals surface area (Å²) in [6, 6.07) is 0. The van der Waals surface area contributed by atoms with E-state index in [1.165, 1.54) is 16.7 Å². The van der Waals surface area contributed by atoms with Crippen LogP contribution < -0.4 is 0 Å². The highest BCUT2D eigenvalue weighted by molar-refractivity contribution is 5.37. The Bertz CT molecular complexity index is 1070. The zero-order valence-electron chi connectivity index (χ0n) is 27.2. The third kappa shape index (κ3) is 4.91. The van der Waals surface area contributed by atoms with Crippen molar-refractivity contribution >= 4 is 0 Å². The molecule has 1 saturated heterocycles. The van der Waals surface area contributed by atoms with E-state index in [1.807, 2.05) is 13.8 Å². The fourth-order valence-electron chi connectivity index (χ4n) is 10.7. The van der Waals surface area contributed by atoms with Crippen molar-refractivity contribution in [1.82, 2.24) is 0 Å². The highest BCUT2D eigenvalue weighted by atomic mass is 16.5. The molecule has 0 radical (unpaired) electrons. The molecule has 5 rings (SSSR count). The van der Waals surface area contributed by atoms with Crippen molar-refractivity contribution in [2.24, 2.45) is 39.9 Å².